The van der Waals surface area contributed by atoms with Crippen molar-refractivity contribution in [3.05, 3.63) is 47.3 Å². The normalized spacial score (nSPS) is 11.9. The number of hydrogen-bond donors (Lipinski definition) is 0. The van der Waals surface area contributed by atoms with Crippen molar-refractivity contribution in [1.29, 1.82) is 0 Å². The molecule has 0 aliphatic carbocycles. The van der Waals surface area contributed by atoms with Crippen LogP contribution in [0.3, 0.4) is 0 Å². The predicted octanol–water partition coefficient (Wildman–Crippen LogP) is 3.83. The fourth-order valence-corrected chi connectivity index (χ4v) is 1.97. The lowest BCUT2D eigenvalue weighted by Crippen LogP contribution is -2.13. The third-order valence-electron chi connectivity index (χ3n) is 2.91. The minimum absolute atomic E-state index is 0.0579. The van der Waals surface area contributed by atoms with Crippen molar-refractivity contribution in [3.63, 3.8) is 0 Å². The lowest BCUT2D eigenvalue weighted by molar-refractivity contribution is -0.137. The largest absolute Gasteiger partial charge is 0.418 e. The Hall–Kier alpha value is -2.11. The van der Waals surface area contributed by atoms with Crippen LogP contribution in [0.25, 0.3) is 5.69 Å². The highest BCUT2D eigenvalue weighted by Gasteiger charge is 2.34. The van der Waals surface area contributed by atoms with Crippen LogP contribution in [-0.4, -0.2) is 16.1 Å². The standard InChI is InChI=1S/C14H13F3N2O/c1-9(2)13-7-10(8-20)18-19(13)12-6-4-3-5-11(12)14(15,16)17/h3-9H,1-2H3. The Morgan fingerprint density at radius 3 is 2.45 bits per heavy atom. The first-order valence-electron chi connectivity index (χ1n) is 6.06. The van der Waals surface area contributed by atoms with Crippen molar-refractivity contribution in [2.45, 2.75) is 25.9 Å². The highest BCUT2D eigenvalue weighted by atomic mass is 19.4. The Balaban J connectivity index is 2.68. The summed E-state index contributed by atoms with van der Waals surface area (Å²) in [5.41, 5.74) is -0.172. The summed E-state index contributed by atoms with van der Waals surface area (Å²) in [4.78, 5) is 10.8. The maximum Gasteiger partial charge on any atom is 0.418 e. The van der Waals surface area contributed by atoms with Crippen molar-refractivity contribution in [2.24, 2.45) is 0 Å². The molecule has 0 aliphatic heterocycles. The van der Waals surface area contributed by atoms with Gasteiger partial charge in [-0.2, -0.15) is 18.3 Å². The van der Waals surface area contributed by atoms with Crippen LogP contribution in [0.2, 0.25) is 0 Å². The van der Waals surface area contributed by atoms with Crippen LogP contribution < -0.4 is 0 Å². The Bertz CT molecular complexity index is 630. The van der Waals surface area contributed by atoms with Gasteiger partial charge in [0.05, 0.1) is 11.3 Å². The number of alkyl halides is 3. The zero-order valence-corrected chi connectivity index (χ0v) is 11.0. The quantitative estimate of drug-likeness (QED) is 0.802. The number of rotatable bonds is 3. The molecule has 0 spiro atoms. The Labute approximate surface area is 114 Å². The van der Waals surface area contributed by atoms with Gasteiger partial charge in [-0.15, -0.1) is 0 Å². The van der Waals surface area contributed by atoms with Crippen LogP contribution in [0.1, 0.15) is 41.5 Å². The van der Waals surface area contributed by atoms with Crippen LogP contribution in [-0.2, 0) is 6.18 Å². The van der Waals surface area contributed by atoms with Gasteiger partial charge in [0, 0.05) is 5.69 Å². The van der Waals surface area contributed by atoms with Crippen LogP contribution in [0, 0.1) is 0 Å². The molecule has 20 heavy (non-hydrogen) atoms. The fraction of sp³-hybridized carbons (Fsp3) is 0.286. The lowest BCUT2D eigenvalue weighted by atomic mass is 10.1. The molecule has 0 fully saturated rings. The van der Waals surface area contributed by atoms with Gasteiger partial charge in [0.25, 0.3) is 0 Å². The molecule has 2 rings (SSSR count). The zero-order valence-electron chi connectivity index (χ0n) is 11.0. The van der Waals surface area contributed by atoms with Gasteiger partial charge in [-0.3, -0.25) is 4.79 Å². The molecular formula is C14H13F3N2O. The summed E-state index contributed by atoms with van der Waals surface area (Å²) in [6, 6.07) is 6.69. The van der Waals surface area contributed by atoms with Crippen molar-refractivity contribution in [2.75, 3.05) is 0 Å². The molecule has 2 aromatic rings. The average Bonchev–Trinajstić information content (AvgIpc) is 2.82. The summed E-state index contributed by atoms with van der Waals surface area (Å²) in [6.45, 7) is 3.66. The van der Waals surface area contributed by atoms with E-state index in [4.69, 9.17) is 0 Å². The molecule has 0 bridgehead atoms. The van der Waals surface area contributed by atoms with Crippen molar-refractivity contribution in [3.8, 4) is 5.69 Å². The van der Waals surface area contributed by atoms with E-state index in [-0.39, 0.29) is 17.3 Å². The topological polar surface area (TPSA) is 34.9 Å². The smallest absolute Gasteiger partial charge is 0.296 e. The second-order valence-corrected chi connectivity index (χ2v) is 4.69. The molecule has 1 heterocycles. The van der Waals surface area contributed by atoms with Crippen LogP contribution in [0.5, 0.6) is 0 Å². The summed E-state index contributed by atoms with van der Waals surface area (Å²) >= 11 is 0. The Morgan fingerprint density at radius 1 is 1.25 bits per heavy atom. The summed E-state index contributed by atoms with van der Waals surface area (Å²) in [7, 11) is 0. The van der Waals surface area contributed by atoms with E-state index in [1.165, 1.54) is 28.9 Å². The van der Waals surface area contributed by atoms with Gasteiger partial charge in [-0.1, -0.05) is 26.0 Å². The molecule has 1 aromatic heterocycles. The summed E-state index contributed by atoms with van der Waals surface area (Å²) in [5.74, 6) is -0.0579. The van der Waals surface area contributed by atoms with Crippen LogP contribution in [0.15, 0.2) is 30.3 Å². The highest BCUT2D eigenvalue weighted by Crippen LogP contribution is 2.34. The molecule has 1 aromatic carbocycles. The maximum absolute atomic E-state index is 13.0. The number of benzene rings is 1. The molecule has 0 atom stereocenters. The van der Waals surface area contributed by atoms with E-state index in [2.05, 4.69) is 5.10 Å². The lowest BCUT2D eigenvalue weighted by Gasteiger charge is -2.15. The predicted molar refractivity (Wildman–Crippen MR) is 68.0 cm³/mol. The molecule has 106 valence electrons. The number of para-hydroxylation sites is 1. The second-order valence-electron chi connectivity index (χ2n) is 4.69. The molecule has 0 aliphatic rings. The molecule has 0 saturated heterocycles. The fourth-order valence-electron chi connectivity index (χ4n) is 1.97. The maximum atomic E-state index is 13.0. The third-order valence-corrected chi connectivity index (χ3v) is 2.91. The van der Waals surface area contributed by atoms with Gasteiger partial charge in [0.15, 0.2) is 6.29 Å². The van der Waals surface area contributed by atoms with Crippen molar-refractivity contribution < 1.29 is 18.0 Å². The van der Waals surface area contributed by atoms with E-state index < -0.39 is 11.7 Å². The first kappa shape index (κ1) is 14.3. The molecule has 3 nitrogen and oxygen atoms in total. The number of nitrogens with zero attached hydrogens (tertiary/aromatic N) is 2. The monoisotopic (exact) mass is 282 g/mol. The highest BCUT2D eigenvalue weighted by molar-refractivity contribution is 5.72. The molecule has 0 saturated carbocycles. The Morgan fingerprint density at radius 2 is 1.90 bits per heavy atom. The second kappa shape index (κ2) is 5.11. The number of carbonyl (C=O) groups excluding carboxylic acids is 1. The molecule has 0 amide bonds. The summed E-state index contributed by atoms with van der Waals surface area (Å²) in [5, 5.41) is 3.94. The van der Waals surface area contributed by atoms with Crippen LogP contribution in [0.4, 0.5) is 13.2 Å². The number of halogens is 3. The van der Waals surface area contributed by atoms with Gasteiger partial charge in [-0.25, -0.2) is 4.68 Å². The van der Waals surface area contributed by atoms with Crippen molar-refractivity contribution >= 4 is 6.29 Å². The van der Waals surface area contributed by atoms with Gasteiger partial charge >= 0.3 is 6.18 Å². The summed E-state index contributed by atoms with van der Waals surface area (Å²) < 4.78 is 40.3. The molecular weight excluding hydrogens is 269 g/mol. The molecule has 6 heteroatoms. The van der Waals surface area contributed by atoms with E-state index in [0.29, 0.717) is 12.0 Å². The number of aldehydes is 1. The number of hydrogen-bond acceptors (Lipinski definition) is 2. The Kier molecular flexibility index (Phi) is 3.65. The van der Waals surface area contributed by atoms with E-state index in [9.17, 15) is 18.0 Å². The van der Waals surface area contributed by atoms with Gasteiger partial charge in [0.2, 0.25) is 0 Å². The summed E-state index contributed by atoms with van der Waals surface area (Å²) in [6.07, 6.45) is -3.95. The van der Waals surface area contributed by atoms with Crippen molar-refractivity contribution in [1.82, 2.24) is 9.78 Å². The number of aromatic nitrogens is 2. The molecule has 0 N–H and O–H groups in total. The van der Waals surface area contributed by atoms with Gasteiger partial charge in [0.1, 0.15) is 5.69 Å². The molecule has 0 radical (unpaired) electrons. The minimum atomic E-state index is -4.47. The van der Waals surface area contributed by atoms with E-state index >= 15 is 0 Å². The SMILES string of the molecule is CC(C)c1cc(C=O)nn1-c1ccccc1C(F)(F)F. The van der Waals surface area contributed by atoms with E-state index in [1.807, 2.05) is 13.8 Å². The number of carbonyl (C=O) groups is 1. The van der Waals surface area contributed by atoms with Gasteiger partial charge < -0.3 is 0 Å². The van der Waals surface area contributed by atoms with Gasteiger partial charge in [-0.05, 0) is 24.1 Å². The minimum Gasteiger partial charge on any atom is -0.296 e. The third kappa shape index (κ3) is 2.59. The van der Waals surface area contributed by atoms with E-state index in [0.717, 1.165) is 6.07 Å². The first-order chi connectivity index (χ1) is 9.34. The molecule has 0 unspecified atom stereocenters. The van der Waals surface area contributed by atoms with Crippen LogP contribution >= 0.6 is 0 Å². The first-order valence-corrected chi connectivity index (χ1v) is 6.06. The average molecular weight is 282 g/mol. The zero-order chi connectivity index (χ0) is 14.9. The van der Waals surface area contributed by atoms with E-state index in [1.54, 1.807) is 0 Å².